The third-order valence-electron chi connectivity index (χ3n) is 3.07. The summed E-state index contributed by atoms with van der Waals surface area (Å²) in [6.45, 7) is 2.80. The summed E-state index contributed by atoms with van der Waals surface area (Å²) in [4.78, 5) is 28.4. The number of rotatable bonds is 2. The molecule has 0 aliphatic carbocycles. The summed E-state index contributed by atoms with van der Waals surface area (Å²) >= 11 is 0. The molecule has 19 heavy (non-hydrogen) atoms. The van der Waals surface area contributed by atoms with Crippen LogP contribution in [0.15, 0.2) is 11.0 Å². The Labute approximate surface area is 108 Å². The average Bonchev–Trinajstić information content (AvgIpc) is 2.83. The number of carbonyl (C=O) groups is 1. The van der Waals surface area contributed by atoms with Crippen molar-refractivity contribution in [2.45, 2.75) is 20.0 Å². The number of carbonyl (C=O) groups excluding carboxylic acids is 1. The Morgan fingerprint density at radius 3 is 3.26 bits per heavy atom. The highest BCUT2D eigenvalue weighted by molar-refractivity contribution is 5.95. The molecule has 1 aliphatic rings. The predicted octanol–water partition coefficient (Wildman–Crippen LogP) is 0.272. The summed E-state index contributed by atoms with van der Waals surface area (Å²) in [5.41, 5.74) is 1.59. The molecular weight excluding hydrogens is 250 g/mol. The van der Waals surface area contributed by atoms with Gasteiger partial charge in [0.25, 0.3) is 5.56 Å². The van der Waals surface area contributed by atoms with E-state index in [0.717, 1.165) is 0 Å². The number of nitrogens with zero attached hydrogens (tertiary/aromatic N) is 2. The van der Waals surface area contributed by atoms with Crippen molar-refractivity contribution in [2.24, 2.45) is 0 Å². The second-order valence-corrected chi connectivity index (χ2v) is 4.21. The maximum absolute atomic E-state index is 12.2. The van der Waals surface area contributed by atoms with Crippen molar-refractivity contribution in [1.29, 1.82) is 0 Å². The lowest BCUT2D eigenvalue weighted by Gasteiger charge is -2.14. The number of nitrogens with one attached hydrogen (secondary N) is 1. The van der Waals surface area contributed by atoms with E-state index in [4.69, 9.17) is 9.47 Å². The van der Waals surface area contributed by atoms with E-state index in [1.165, 1.54) is 10.7 Å². The lowest BCUT2D eigenvalue weighted by Crippen LogP contribution is -2.27. The second kappa shape index (κ2) is 4.51. The summed E-state index contributed by atoms with van der Waals surface area (Å²) in [5, 5.41) is 2.73. The number of fused-ring (bicyclic) bond motifs is 2. The standard InChI is InChI=1S/C12H13N3O4/c1-2-19-12(17)7-5-13-15-10(7)14-9-3-4-18-6-8(9)11(15)16/h5,13H,2-4,6H2,1H3. The highest BCUT2D eigenvalue weighted by Crippen LogP contribution is 2.14. The molecule has 100 valence electrons. The average molecular weight is 263 g/mol. The smallest absolute Gasteiger partial charge is 0.343 e. The quantitative estimate of drug-likeness (QED) is 0.786. The maximum atomic E-state index is 12.2. The minimum absolute atomic E-state index is 0.227. The van der Waals surface area contributed by atoms with Gasteiger partial charge in [-0.1, -0.05) is 0 Å². The van der Waals surface area contributed by atoms with Crippen molar-refractivity contribution < 1.29 is 14.3 Å². The Hall–Kier alpha value is -2.15. The van der Waals surface area contributed by atoms with Gasteiger partial charge in [-0.25, -0.2) is 14.3 Å². The van der Waals surface area contributed by atoms with E-state index in [9.17, 15) is 9.59 Å². The largest absolute Gasteiger partial charge is 0.462 e. The molecule has 3 rings (SSSR count). The number of hydrogen-bond donors (Lipinski definition) is 1. The van der Waals surface area contributed by atoms with E-state index in [1.54, 1.807) is 6.92 Å². The van der Waals surface area contributed by atoms with E-state index < -0.39 is 5.97 Å². The molecule has 0 bridgehead atoms. The van der Waals surface area contributed by atoms with Crippen molar-refractivity contribution in [3.8, 4) is 0 Å². The molecule has 1 aliphatic heterocycles. The van der Waals surface area contributed by atoms with Crippen LogP contribution in [-0.4, -0.2) is 33.8 Å². The molecule has 0 fully saturated rings. The van der Waals surface area contributed by atoms with Crippen molar-refractivity contribution in [3.63, 3.8) is 0 Å². The van der Waals surface area contributed by atoms with Gasteiger partial charge >= 0.3 is 5.97 Å². The zero-order valence-corrected chi connectivity index (χ0v) is 10.4. The highest BCUT2D eigenvalue weighted by Gasteiger charge is 2.21. The first-order valence-electron chi connectivity index (χ1n) is 6.09. The Morgan fingerprint density at radius 1 is 1.63 bits per heavy atom. The summed E-state index contributed by atoms with van der Waals surface area (Å²) in [6.07, 6.45) is 2.02. The lowest BCUT2D eigenvalue weighted by atomic mass is 10.1. The number of H-pyrrole nitrogens is 1. The first-order chi connectivity index (χ1) is 9.22. The van der Waals surface area contributed by atoms with Crippen molar-refractivity contribution in [1.82, 2.24) is 14.6 Å². The number of esters is 1. The van der Waals surface area contributed by atoms with Crippen LogP contribution >= 0.6 is 0 Å². The van der Waals surface area contributed by atoms with Gasteiger partial charge in [-0.3, -0.25) is 9.89 Å². The van der Waals surface area contributed by atoms with Crippen LogP contribution in [0.4, 0.5) is 0 Å². The Kier molecular flexibility index (Phi) is 2.83. The maximum Gasteiger partial charge on any atom is 0.343 e. The molecule has 0 spiro atoms. The normalized spacial score (nSPS) is 14.4. The molecule has 1 N–H and O–H groups in total. The van der Waals surface area contributed by atoms with Crippen LogP contribution in [0.2, 0.25) is 0 Å². The van der Waals surface area contributed by atoms with Gasteiger partial charge in [0, 0.05) is 12.6 Å². The van der Waals surface area contributed by atoms with Crippen LogP contribution in [0, 0.1) is 0 Å². The molecule has 0 atom stereocenters. The number of aromatic amines is 1. The first kappa shape index (κ1) is 11.9. The Morgan fingerprint density at radius 2 is 2.47 bits per heavy atom. The molecule has 0 amide bonds. The fraction of sp³-hybridized carbons (Fsp3) is 0.417. The van der Waals surface area contributed by atoms with E-state index >= 15 is 0 Å². The number of hydrogen-bond acceptors (Lipinski definition) is 5. The van der Waals surface area contributed by atoms with Crippen LogP contribution in [0.3, 0.4) is 0 Å². The molecule has 0 saturated heterocycles. The Bertz CT molecular complexity index is 701. The second-order valence-electron chi connectivity index (χ2n) is 4.21. The van der Waals surface area contributed by atoms with Crippen molar-refractivity contribution in [2.75, 3.05) is 13.2 Å². The SMILES string of the molecule is CCOC(=O)c1c[nH]n2c(=O)c3c(nc12)CCOC3. The predicted molar refractivity (Wildman–Crippen MR) is 65.1 cm³/mol. The highest BCUT2D eigenvalue weighted by atomic mass is 16.5. The fourth-order valence-electron chi connectivity index (χ4n) is 2.15. The van der Waals surface area contributed by atoms with Crippen molar-refractivity contribution >= 4 is 11.6 Å². The molecule has 0 unspecified atom stereocenters. The third-order valence-corrected chi connectivity index (χ3v) is 3.07. The van der Waals surface area contributed by atoms with Crippen LogP contribution < -0.4 is 5.56 Å². The van der Waals surface area contributed by atoms with Gasteiger partial charge in [0.1, 0.15) is 5.56 Å². The summed E-state index contributed by atoms with van der Waals surface area (Å²) < 4.78 is 11.4. The van der Waals surface area contributed by atoms with E-state index in [2.05, 4.69) is 10.1 Å². The van der Waals surface area contributed by atoms with Gasteiger partial charge in [-0.15, -0.1) is 0 Å². The fourth-order valence-corrected chi connectivity index (χ4v) is 2.15. The molecule has 7 nitrogen and oxygen atoms in total. The van der Waals surface area contributed by atoms with E-state index in [-0.39, 0.29) is 24.3 Å². The van der Waals surface area contributed by atoms with Crippen LogP contribution in [-0.2, 0) is 22.5 Å². The molecule has 7 heteroatoms. The third kappa shape index (κ3) is 1.82. The molecular formula is C12H13N3O4. The lowest BCUT2D eigenvalue weighted by molar-refractivity contribution is 0.0528. The minimum atomic E-state index is -0.486. The molecule has 0 aromatic carbocycles. The summed E-state index contributed by atoms with van der Waals surface area (Å²) in [6, 6.07) is 0. The molecule has 2 aromatic rings. The van der Waals surface area contributed by atoms with Crippen LogP contribution in [0.1, 0.15) is 28.5 Å². The topological polar surface area (TPSA) is 85.7 Å². The van der Waals surface area contributed by atoms with Gasteiger partial charge in [0.15, 0.2) is 5.65 Å². The van der Waals surface area contributed by atoms with Gasteiger partial charge in [-0.05, 0) is 6.92 Å². The van der Waals surface area contributed by atoms with E-state index in [0.29, 0.717) is 29.9 Å². The zero-order chi connectivity index (χ0) is 13.4. The monoisotopic (exact) mass is 263 g/mol. The van der Waals surface area contributed by atoms with Crippen LogP contribution in [0.25, 0.3) is 5.65 Å². The minimum Gasteiger partial charge on any atom is -0.462 e. The molecule has 2 aromatic heterocycles. The first-order valence-corrected chi connectivity index (χ1v) is 6.09. The zero-order valence-electron chi connectivity index (χ0n) is 10.4. The Balaban J connectivity index is 2.21. The molecule has 0 saturated carbocycles. The van der Waals surface area contributed by atoms with Crippen LogP contribution in [0.5, 0.6) is 0 Å². The van der Waals surface area contributed by atoms with Gasteiger partial charge < -0.3 is 9.47 Å². The number of ether oxygens (including phenoxy) is 2. The van der Waals surface area contributed by atoms with Gasteiger partial charge in [-0.2, -0.15) is 0 Å². The number of aromatic nitrogens is 3. The van der Waals surface area contributed by atoms with Gasteiger partial charge in [0.2, 0.25) is 0 Å². The molecule has 0 radical (unpaired) electrons. The van der Waals surface area contributed by atoms with Crippen molar-refractivity contribution in [3.05, 3.63) is 33.4 Å². The summed E-state index contributed by atoms with van der Waals surface area (Å²) in [7, 11) is 0. The summed E-state index contributed by atoms with van der Waals surface area (Å²) in [5.74, 6) is -0.486. The van der Waals surface area contributed by atoms with Gasteiger partial charge in [0.05, 0.1) is 31.1 Å². The molecule has 3 heterocycles. The van der Waals surface area contributed by atoms with E-state index in [1.807, 2.05) is 0 Å².